The number of carbonyl (C=O) groups excluding carboxylic acids is 1. The molecule has 0 radical (unpaired) electrons. The number of hydrogen-bond acceptors (Lipinski definition) is 3. The van der Waals surface area contributed by atoms with E-state index in [0.29, 0.717) is 6.04 Å². The number of rotatable bonds is 3. The van der Waals surface area contributed by atoms with Crippen LogP contribution in [0.15, 0.2) is 0 Å². The number of nitrogens with one attached hydrogen (secondary N) is 1. The molecule has 4 nitrogen and oxygen atoms in total. The molecule has 1 saturated heterocycles. The number of nitrogens with two attached hydrogens (primary N) is 1. The van der Waals surface area contributed by atoms with E-state index in [1.165, 1.54) is 0 Å². The van der Waals surface area contributed by atoms with Gasteiger partial charge in [0, 0.05) is 6.04 Å². The lowest BCUT2D eigenvalue weighted by Crippen LogP contribution is -2.49. The van der Waals surface area contributed by atoms with Gasteiger partial charge in [0.2, 0.25) is 5.91 Å². The molecular formula is C10H20N2O2. The molecule has 0 aromatic carbocycles. The van der Waals surface area contributed by atoms with Crippen molar-refractivity contribution in [2.24, 2.45) is 5.73 Å². The van der Waals surface area contributed by atoms with Crippen LogP contribution in [0.25, 0.3) is 0 Å². The molecule has 3 atom stereocenters. The second-order valence-electron chi connectivity index (χ2n) is 4.22. The summed E-state index contributed by atoms with van der Waals surface area (Å²) in [4.78, 5) is 10.9. The minimum atomic E-state index is -0.295. The summed E-state index contributed by atoms with van der Waals surface area (Å²) in [7, 11) is 0. The molecule has 0 aromatic heterocycles. The first-order valence-corrected chi connectivity index (χ1v) is 5.20. The molecule has 3 N–H and O–H groups in total. The lowest BCUT2D eigenvalue weighted by Gasteiger charge is -2.33. The van der Waals surface area contributed by atoms with Crippen LogP contribution in [0.4, 0.5) is 0 Å². The third kappa shape index (κ3) is 3.27. The van der Waals surface area contributed by atoms with E-state index in [9.17, 15) is 4.79 Å². The van der Waals surface area contributed by atoms with Gasteiger partial charge in [0.05, 0.1) is 18.2 Å². The molecule has 0 bridgehead atoms. The molecule has 0 saturated carbocycles. The van der Waals surface area contributed by atoms with Gasteiger partial charge in [-0.25, -0.2) is 0 Å². The molecule has 1 aliphatic rings. The van der Waals surface area contributed by atoms with E-state index in [1.807, 2.05) is 0 Å². The molecule has 4 heteroatoms. The zero-order valence-corrected chi connectivity index (χ0v) is 9.12. The highest BCUT2D eigenvalue weighted by molar-refractivity contribution is 5.79. The highest BCUT2D eigenvalue weighted by atomic mass is 16.5. The molecule has 14 heavy (non-hydrogen) atoms. The zero-order valence-electron chi connectivity index (χ0n) is 9.12. The predicted molar refractivity (Wildman–Crippen MR) is 54.8 cm³/mol. The van der Waals surface area contributed by atoms with Crippen molar-refractivity contribution in [1.29, 1.82) is 0 Å². The maximum absolute atomic E-state index is 10.9. The van der Waals surface area contributed by atoms with Crippen LogP contribution in [0, 0.1) is 0 Å². The summed E-state index contributed by atoms with van der Waals surface area (Å²) in [5, 5.41) is 3.22. The SMILES string of the molecule is CC1CC(NC(C)C(N)=O)CC(C)O1. The first-order chi connectivity index (χ1) is 6.49. The Kier molecular flexibility index (Phi) is 3.89. The summed E-state index contributed by atoms with van der Waals surface area (Å²) >= 11 is 0. The van der Waals surface area contributed by atoms with E-state index < -0.39 is 0 Å². The van der Waals surface area contributed by atoms with Gasteiger partial charge in [-0.3, -0.25) is 4.79 Å². The van der Waals surface area contributed by atoms with Crippen LogP contribution in [0.3, 0.4) is 0 Å². The molecule has 0 spiro atoms. The zero-order chi connectivity index (χ0) is 10.7. The Morgan fingerprint density at radius 3 is 2.36 bits per heavy atom. The largest absolute Gasteiger partial charge is 0.375 e. The van der Waals surface area contributed by atoms with E-state index in [-0.39, 0.29) is 24.2 Å². The van der Waals surface area contributed by atoms with Gasteiger partial charge in [-0.2, -0.15) is 0 Å². The van der Waals surface area contributed by atoms with Crippen molar-refractivity contribution in [2.45, 2.75) is 57.9 Å². The summed E-state index contributed by atoms with van der Waals surface area (Å²) in [6.45, 7) is 5.91. The maximum Gasteiger partial charge on any atom is 0.234 e. The average molecular weight is 200 g/mol. The van der Waals surface area contributed by atoms with Crippen molar-refractivity contribution in [3.05, 3.63) is 0 Å². The smallest absolute Gasteiger partial charge is 0.234 e. The lowest BCUT2D eigenvalue weighted by atomic mass is 9.99. The first kappa shape index (κ1) is 11.5. The number of ether oxygens (including phenoxy) is 1. The van der Waals surface area contributed by atoms with Crippen LogP contribution in [0.2, 0.25) is 0 Å². The quantitative estimate of drug-likeness (QED) is 0.693. The van der Waals surface area contributed by atoms with Crippen LogP contribution >= 0.6 is 0 Å². The molecular weight excluding hydrogens is 180 g/mol. The van der Waals surface area contributed by atoms with Gasteiger partial charge in [-0.15, -0.1) is 0 Å². The van der Waals surface area contributed by atoms with Gasteiger partial charge in [0.25, 0.3) is 0 Å². The van der Waals surface area contributed by atoms with Crippen LogP contribution in [-0.4, -0.2) is 30.2 Å². The summed E-state index contributed by atoms with van der Waals surface area (Å²) in [5.74, 6) is -0.295. The van der Waals surface area contributed by atoms with E-state index >= 15 is 0 Å². The Balaban J connectivity index is 2.40. The van der Waals surface area contributed by atoms with Crippen molar-refractivity contribution in [3.63, 3.8) is 0 Å². The van der Waals surface area contributed by atoms with E-state index in [1.54, 1.807) is 6.92 Å². The highest BCUT2D eigenvalue weighted by Gasteiger charge is 2.26. The average Bonchev–Trinajstić information content (AvgIpc) is 2.01. The van der Waals surface area contributed by atoms with Gasteiger partial charge < -0.3 is 15.8 Å². The molecule has 82 valence electrons. The first-order valence-electron chi connectivity index (χ1n) is 5.20. The van der Waals surface area contributed by atoms with Crippen molar-refractivity contribution in [1.82, 2.24) is 5.32 Å². The molecule has 3 unspecified atom stereocenters. The Morgan fingerprint density at radius 2 is 1.93 bits per heavy atom. The third-order valence-corrected chi connectivity index (χ3v) is 2.61. The summed E-state index contributed by atoms with van der Waals surface area (Å²) in [6.07, 6.45) is 2.41. The minimum absolute atomic E-state index is 0.252. The molecule has 1 rings (SSSR count). The van der Waals surface area contributed by atoms with Crippen molar-refractivity contribution < 1.29 is 9.53 Å². The monoisotopic (exact) mass is 200 g/mol. The fourth-order valence-electron chi connectivity index (χ4n) is 1.98. The van der Waals surface area contributed by atoms with E-state index in [2.05, 4.69) is 19.2 Å². The molecule has 1 fully saturated rings. The van der Waals surface area contributed by atoms with E-state index in [4.69, 9.17) is 10.5 Å². The Bertz CT molecular complexity index is 198. The Morgan fingerprint density at radius 1 is 1.43 bits per heavy atom. The summed E-state index contributed by atoms with van der Waals surface area (Å²) < 4.78 is 5.60. The predicted octanol–water partition coefficient (Wildman–Crippen LogP) is 0.406. The topological polar surface area (TPSA) is 64.3 Å². The van der Waals surface area contributed by atoms with Gasteiger partial charge in [-0.05, 0) is 33.6 Å². The Labute approximate surface area is 85.2 Å². The fourth-order valence-corrected chi connectivity index (χ4v) is 1.98. The molecule has 1 heterocycles. The number of amides is 1. The number of hydrogen-bond donors (Lipinski definition) is 2. The molecule has 0 aromatic rings. The normalized spacial score (nSPS) is 35.2. The molecule has 0 aliphatic carbocycles. The maximum atomic E-state index is 10.9. The molecule has 1 aliphatic heterocycles. The van der Waals surface area contributed by atoms with Gasteiger partial charge in [0.15, 0.2) is 0 Å². The van der Waals surface area contributed by atoms with Crippen molar-refractivity contribution in [3.8, 4) is 0 Å². The van der Waals surface area contributed by atoms with Gasteiger partial charge in [-0.1, -0.05) is 0 Å². The van der Waals surface area contributed by atoms with Crippen LogP contribution in [-0.2, 0) is 9.53 Å². The van der Waals surface area contributed by atoms with Crippen molar-refractivity contribution in [2.75, 3.05) is 0 Å². The second-order valence-corrected chi connectivity index (χ2v) is 4.22. The highest BCUT2D eigenvalue weighted by Crippen LogP contribution is 2.19. The lowest BCUT2D eigenvalue weighted by molar-refractivity contribution is -0.120. The second kappa shape index (κ2) is 4.75. The van der Waals surface area contributed by atoms with Crippen molar-refractivity contribution >= 4 is 5.91 Å². The third-order valence-electron chi connectivity index (χ3n) is 2.61. The summed E-state index contributed by atoms with van der Waals surface area (Å²) in [5.41, 5.74) is 5.19. The number of primary amides is 1. The summed E-state index contributed by atoms with van der Waals surface area (Å²) in [6, 6.07) is 0.0914. The Hall–Kier alpha value is -0.610. The van der Waals surface area contributed by atoms with Gasteiger partial charge in [0.1, 0.15) is 0 Å². The fraction of sp³-hybridized carbons (Fsp3) is 0.900. The van der Waals surface area contributed by atoms with Crippen LogP contribution in [0.1, 0.15) is 33.6 Å². The van der Waals surface area contributed by atoms with E-state index in [0.717, 1.165) is 12.8 Å². The molecule has 1 amide bonds. The van der Waals surface area contributed by atoms with Crippen LogP contribution in [0.5, 0.6) is 0 Å². The number of carbonyl (C=O) groups is 1. The standard InChI is InChI=1S/C10H20N2O2/c1-6-4-9(5-7(2)14-6)12-8(3)10(11)13/h6-9,12H,4-5H2,1-3H3,(H2,11,13). The minimum Gasteiger partial charge on any atom is -0.375 e. The van der Waals surface area contributed by atoms with Crippen LogP contribution < -0.4 is 11.1 Å². The van der Waals surface area contributed by atoms with Gasteiger partial charge >= 0.3 is 0 Å².